The zero-order valence-electron chi connectivity index (χ0n) is 16.5. The molecule has 0 aliphatic rings. The molecule has 0 saturated carbocycles. The van der Waals surface area contributed by atoms with E-state index in [9.17, 15) is 19.2 Å². The average Bonchev–Trinajstić information content (AvgIpc) is 2.56. The average molecular weight is 405 g/mol. The molecule has 0 aromatic rings. The van der Waals surface area contributed by atoms with Crippen LogP contribution in [0, 0.1) is 11.8 Å². The van der Waals surface area contributed by atoms with E-state index in [1.54, 1.807) is 13.8 Å². The van der Waals surface area contributed by atoms with E-state index in [0.29, 0.717) is 6.42 Å². The van der Waals surface area contributed by atoms with Gasteiger partial charge in [-0.3, -0.25) is 14.4 Å². The molecule has 0 aliphatic heterocycles. The molecule has 0 bridgehead atoms. The van der Waals surface area contributed by atoms with Gasteiger partial charge in [0.25, 0.3) is 0 Å². The first-order chi connectivity index (χ1) is 12.4. The van der Waals surface area contributed by atoms with Gasteiger partial charge < -0.3 is 26.8 Å². The summed E-state index contributed by atoms with van der Waals surface area (Å²) in [5, 5.41) is 16.6. The molecule has 0 radical (unpaired) electrons. The predicted octanol–water partition coefficient (Wildman–Crippen LogP) is -0.495. The number of carbonyl (C=O) groups excluding carboxylic acids is 3. The molecule has 0 heterocycles. The van der Waals surface area contributed by atoms with Crippen molar-refractivity contribution >= 4 is 36.3 Å². The molecule has 0 spiro atoms. The molecule has 0 rings (SSSR count). The molecule has 0 fully saturated rings. The third-order valence-corrected chi connectivity index (χ3v) is 4.25. The number of nitrogens with one attached hydrogen (secondary N) is 3. The van der Waals surface area contributed by atoms with Gasteiger partial charge in [-0.25, -0.2) is 4.79 Å². The van der Waals surface area contributed by atoms with Crippen LogP contribution in [0.15, 0.2) is 0 Å². The first kappa shape index (κ1) is 25.2. The number of hydrogen-bond donors (Lipinski definition) is 6. The summed E-state index contributed by atoms with van der Waals surface area (Å²) in [5.41, 5.74) is 5.62. The van der Waals surface area contributed by atoms with Crippen molar-refractivity contribution in [3.05, 3.63) is 0 Å². The van der Waals surface area contributed by atoms with E-state index >= 15 is 0 Å². The molecule has 0 saturated heterocycles. The minimum atomic E-state index is -1.15. The molecule has 0 aromatic heterocycles. The van der Waals surface area contributed by atoms with Gasteiger partial charge in [0.1, 0.15) is 18.1 Å². The molecule has 4 atom stereocenters. The third kappa shape index (κ3) is 9.09. The fraction of sp³-hybridized carbons (Fsp3) is 0.765. The monoisotopic (exact) mass is 404 g/mol. The van der Waals surface area contributed by atoms with Crippen molar-refractivity contribution < 1.29 is 24.3 Å². The molecule has 156 valence electrons. The zero-order valence-corrected chi connectivity index (χ0v) is 17.4. The highest BCUT2D eigenvalue weighted by atomic mass is 32.1. The highest BCUT2D eigenvalue weighted by molar-refractivity contribution is 7.80. The lowest BCUT2D eigenvalue weighted by Crippen LogP contribution is -2.57. The van der Waals surface area contributed by atoms with E-state index in [1.165, 1.54) is 6.92 Å². The first-order valence-corrected chi connectivity index (χ1v) is 9.54. The summed E-state index contributed by atoms with van der Waals surface area (Å²) in [5.74, 6) is -2.89. The normalized spacial score (nSPS) is 15.6. The second-order valence-electron chi connectivity index (χ2n) is 7.28. The van der Waals surface area contributed by atoms with Crippen LogP contribution in [0.2, 0.25) is 0 Å². The molecule has 27 heavy (non-hydrogen) atoms. The van der Waals surface area contributed by atoms with Gasteiger partial charge in [-0.2, -0.15) is 12.6 Å². The van der Waals surface area contributed by atoms with Gasteiger partial charge in [0.2, 0.25) is 17.7 Å². The minimum absolute atomic E-state index is 0.106. The van der Waals surface area contributed by atoms with Crippen molar-refractivity contribution in [2.24, 2.45) is 17.6 Å². The van der Waals surface area contributed by atoms with Crippen LogP contribution in [0.3, 0.4) is 0 Å². The van der Waals surface area contributed by atoms with E-state index in [4.69, 9.17) is 10.8 Å². The predicted molar refractivity (Wildman–Crippen MR) is 105 cm³/mol. The smallest absolute Gasteiger partial charge is 0.326 e. The van der Waals surface area contributed by atoms with Gasteiger partial charge in [-0.1, -0.05) is 27.7 Å². The van der Waals surface area contributed by atoms with Crippen molar-refractivity contribution in [3.8, 4) is 0 Å². The van der Waals surface area contributed by atoms with E-state index in [0.717, 1.165) is 0 Å². The van der Waals surface area contributed by atoms with Gasteiger partial charge in [0.15, 0.2) is 0 Å². The number of carboxylic acids is 1. The van der Waals surface area contributed by atoms with Gasteiger partial charge in [-0.05, 0) is 25.2 Å². The lowest BCUT2D eigenvalue weighted by atomic mass is 10.0. The van der Waals surface area contributed by atoms with Crippen LogP contribution >= 0.6 is 12.6 Å². The van der Waals surface area contributed by atoms with Crippen molar-refractivity contribution in [2.45, 2.75) is 65.2 Å². The van der Waals surface area contributed by atoms with Crippen LogP contribution in [-0.2, 0) is 19.2 Å². The summed E-state index contributed by atoms with van der Waals surface area (Å²) in [6, 6.07) is -3.74. The van der Waals surface area contributed by atoms with Crippen LogP contribution in [0.1, 0.15) is 41.0 Å². The van der Waals surface area contributed by atoms with Crippen molar-refractivity contribution in [1.82, 2.24) is 16.0 Å². The highest BCUT2D eigenvalue weighted by Crippen LogP contribution is 2.07. The van der Waals surface area contributed by atoms with Crippen molar-refractivity contribution in [1.29, 1.82) is 0 Å². The summed E-state index contributed by atoms with van der Waals surface area (Å²) in [7, 11) is 0. The Kier molecular flexibility index (Phi) is 11.0. The van der Waals surface area contributed by atoms with E-state index in [2.05, 4.69) is 28.6 Å². The topological polar surface area (TPSA) is 151 Å². The molecule has 0 aliphatic carbocycles. The van der Waals surface area contributed by atoms with Gasteiger partial charge in [0, 0.05) is 5.75 Å². The number of aliphatic carboxylic acids is 1. The maximum absolute atomic E-state index is 12.5. The zero-order chi connectivity index (χ0) is 21.3. The van der Waals surface area contributed by atoms with Crippen LogP contribution in [0.5, 0.6) is 0 Å². The summed E-state index contributed by atoms with van der Waals surface area (Å²) >= 11 is 3.96. The van der Waals surface area contributed by atoms with E-state index in [-0.39, 0.29) is 17.6 Å². The maximum Gasteiger partial charge on any atom is 0.326 e. The highest BCUT2D eigenvalue weighted by Gasteiger charge is 2.29. The van der Waals surface area contributed by atoms with Crippen LogP contribution < -0.4 is 21.7 Å². The Bertz CT molecular complexity index is 541. The number of hydrogen-bond acceptors (Lipinski definition) is 6. The number of rotatable bonds is 11. The Balaban J connectivity index is 5.00. The fourth-order valence-electron chi connectivity index (χ4n) is 2.24. The Labute approximate surface area is 165 Å². The molecule has 3 amide bonds. The van der Waals surface area contributed by atoms with Crippen LogP contribution in [0.25, 0.3) is 0 Å². The van der Waals surface area contributed by atoms with Crippen LogP contribution in [-0.4, -0.2) is 58.7 Å². The van der Waals surface area contributed by atoms with Gasteiger partial charge >= 0.3 is 5.97 Å². The largest absolute Gasteiger partial charge is 0.480 e. The molecule has 10 heteroatoms. The van der Waals surface area contributed by atoms with Gasteiger partial charge in [0.05, 0.1) is 6.04 Å². The maximum atomic E-state index is 12.5. The first-order valence-electron chi connectivity index (χ1n) is 8.91. The van der Waals surface area contributed by atoms with Crippen molar-refractivity contribution in [3.63, 3.8) is 0 Å². The standard InChI is InChI=1S/C17H32N4O5S/c1-8(2)6-12(20-15(23)11(18)7-27)16(24)19-10(5)14(22)21-13(9(3)4)17(25)26/h8-13,27H,6-7,18H2,1-5H3,(H,19,24)(H,20,23)(H,21,22)(H,25,26). The van der Waals surface area contributed by atoms with E-state index in [1.807, 2.05) is 13.8 Å². The Morgan fingerprint density at radius 3 is 1.89 bits per heavy atom. The fourth-order valence-corrected chi connectivity index (χ4v) is 2.40. The van der Waals surface area contributed by atoms with Gasteiger partial charge in [-0.15, -0.1) is 0 Å². The van der Waals surface area contributed by atoms with Crippen molar-refractivity contribution in [2.75, 3.05) is 5.75 Å². The number of nitrogens with two attached hydrogens (primary N) is 1. The quantitative estimate of drug-likeness (QED) is 0.256. The summed E-state index contributed by atoms with van der Waals surface area (Å²) in [6.45, 7) is 8.56. The molecule has 0 aromatic carbocycles. The molecular formula is C17H32N4O5S. The second kappa shape index (κ2) is 11.8. The number of carbonyl (C=O) groups is 4. The lowest BCUT2D eigenvalue weighted by molar-refractivity contribution is -0.143. The van der Waals surface area contributed by atoms with E-state index < -0.39 is 47.9 Å². The number of amides is 3. The lowest BCUT2D eigenvalue weighted by Gasteiger charge is -2.25. The Hall–Kier alpha value is -1.81. The molecule has 9 nitrogen and oxygen atoms in total. The Morgan fingerprint density at radius 1 is 0.926 bits per heavy atom. The number of carboxylic acid groups (broad SMARTS) is 1. The summed E-state index contributed by atoms with van der Waals surface area (Å²) in [6.07, 6.45) is 0.356. The second-order valence-corrected chi connectivity index (χ2v) is 7.64. The Morgan fingerprint density at radius 2 is 1.48 bits per heavy atom. The summed E-state index contributed by atoms with van der Waals surface area (Å²) in [4.78, 5) is 47.9. The van der Waals surface area contributed by atoms with Crippen LogP contribution in [0.4, 0.5) is 0 Å². The number of thiol groups is 1. The molecule has 4 unspecified atom stereocenters. The molecular weight excluding hydrogens is 372 g/mol. The summed E-state index contributed by atoms with van der Waals surface area (Å²) < 4.78 is 0. The molecule has 6 N–H and O–H groups in total. The SMILES string of the molecule is CC(C)CC(NC(=O)C(N)CS)C(=O)NC(C)C(=O)NC(C(=O)O)C(C)C. The minimum Gasteiger partial charge on any atom is -0.480 e. The third-order valence-electron chi connectivity index (χ3n) is 3.86.